The van der Waals surface area contributed by atoms with Crippen molar-refractivity contribution in [1.82, 2.24) is 24.3 Å². The van der Waals surface area contributed by atoms with Gasteiger partial charge in [0.2, 0.25) is 0 Å². The quantitative estimate of drug-likeness (QED) is 0.173. The molecule has 54 heavy (non-hydrogen) atoms. The lowest BCUT2D eigenvalue weighted by molar-refractivity contribution is 0.666. The second-order valence-corrected chi connectivity index (χ2v) is 13.9. The number of pyridine rings is 2. The number of imidazole rings is 1. The van der Waals surface area contributed by atoms with Gasteiger partial charge < -0.3 is 4.42 Å². The Morgan fingerprint density at radius 1 is 0.444 bits per heavy atom. The van der Waals surface area contributed by atoms with E-state index in [9.17, 15) is 0 Å². The van der Waals surface area contributed by atoms with Crippen LogP contribution < -0.4 is 0 Å². The van der Waals surface area contributed by atoms with Crippen molar-refractivity contribution in [2.45, 2.75) is 0 Å². The van der Waals surface area contributed by atoms with E-state index < -0.39 is 0 Å². The molecule has 0 atom stereocenters. The van der Waals surface area contributed by atoms with Crippen molar-refractivity contribution >= 4 is 82.0 Å². The van der Waals surface area contributed by atoms with Gasteiger partial charge in [0, 0.05) is 38.7 Å². The Morgan fingerprint density at radius 3 is 2.07 bits per heavy atom. The topological polar surface area (TPSA) is 69.1 Å². The van der Waals surface area contributed by atoms with Crippen LogP contribution in [-0.4, -0.2) is 24.3 Å². The van der Waals surface area contributed by atoms with Crippen molar-refractivity contribution in [2.75, 3.05) is 0 Å². The Labute approximate surface area is 307 Å². The predicted octanol–water partition coefficient (Wildman–Crippen LogP) is 12.2. The highest BCUT2D eigenvalue weighted by Crippen LogP contribution is 2.40. The number of nitrogens with zero attached hydrogens (tertiary/aromatic N) is 5. The van der Waals surface area contributed by atoms with Crippen molar-refractivity contribution in [3.63, 3.8) is 0 Å². The lowest BCUT2D eigenvalue weighted by Gasteiger charge is -2.13. The molecule has 5 aromatic heterocycles. The van der Waals surface area contributed by atoms with Crippen LogP contribution >= 0.6 is 0 Å². The van der Waals surface area contributed by atoms with Crippen LogP contribution in [0.3, 0.4) is 0 Å². The molecule has 6 heteroatoms. The van der Waals surface area contributed by atoms with E-state index in [0.717, 1.165) is 105 Å². The number of furan rings is 1. The monoisotopic (exact) mass is 689 g/mol. The molecule has 0 aliphatic rings. The fraction of sp³-hybridized carbons (Fsp3) is 0. The highest BCUT2D eigenvalue weighted by atomic mass is 16.3. The highest BCUT2D eigenvalue weighted by molar-refractivity contribution is 6.25. The second kappa shape index (κ2) is 11.0. The Kier molecular flexibility index (Phi) is 5.96. The molecule has 12 rings (SSSR count). The molecule has 0 saturated carbocycles. The Hall–Kier alpha value is -7.44. The Balaban J connectivity index is 1.09. The van der Waals surface area contributed by atoms with E-state index in [-0.39, 0.29) is 0 Å². The van der Waals surface area contributed by atoms with Crippen LogP contribution in [0.5, 0.6) is 0 Å². The Morgan fingerprint density at radius 2 is 1.20 bits per heavy atom. The Bertz CT molecular complexity index is 3500. The first kappa shape index (κ1) is 29.2. The van der Waals surface area contributed by atoms with Crippen LogP contribution in [0.15, 0.2) is 168 Å². The third-order valence-corrected chi connectivity index (χ3v) is 10.8. The zero-order valence-corrected chi connectivity index (χ0v) is 28.7. The summed E-state index contributed by atoms with van der Waals surface area (Å²) in [7, 11) is 0. The van der Waals surface area contributed by atoms with E-state index in [2.05, 4.69) is 119 Å². The fourth-order valence-corrected chi connectivity index (χ4v) is 8.28. The van der Waals surface area contributed by atoms with Gasteiger partial charge in [-0.25, -0.2) is 15.0 Å². The van der Waals surface area contributed by atoms with Gasteiger partial charge in [-0.3, -0.25) is 9.38 Å². The molecule has 0 aliphatic heterocycles. The average molecular weight is 690 g/mol. The summed E-state index contributed by atoms with van der Waals surface area (Å²) >= 11 is 0. The molecule has 0 unspecified atom stereocenters. The van der Waals surface area contributed by atoms with Gasteiger partial charge in [-0.1, -0.05) is 109 Å². The summed E-state index contributed by atoms with van der Waals surface area (Å²) in [5.41, 5.74) is 12.0. The van der Waals surface area contributed by atoms with E-state index in [1.165, 1.54) is 10.8 Å². The van der Waals surface area contributed by atoms with Gasteiger partial charge in [0.15, 0.2) is 5.58 Å². The second-order valence-electron chi connectivity index (χ2n) is 13.9. The maximum absolute atomic E-state index is 6.32. The third-order valence-electron chi connectivity index (χ3n) is 10.8. The molecule has 0 amide bonds. The number of rotatable bonds is 3. The zero-order chi connectivity index (χ0) is 35.3. The summed E-state index contributed by atoms with van der Waals surface area (Å²) in [4.78, 5) is 20.5. The lowest BCUT2D eigenvalue weighted by Crippen LogP contribution is -1.97. The molecule has 5 heterocycles. The van der Waals surface area contributed by atoms with Crippen LogP contribution in [-0.2, 0) is 0 Å². The van der Waals surface area contributed by atoms with Crippen molar-refractivity contribution in [1.29, 1.82) is 0 Å². The maximum Gasteiger partial charge on any atom is 0.152 e. The summed E-state index contributed by atoms with van der Waals surface area (Å²) in [6.45, 7) is 0. The van der Waals surface area contributed by atoms with Crippen LogP contribution in [0.4, 0.5) is 0 Å². The molecule has 7 aromatic carbocycles. The van der Waals surface area contributed by atoms with Gasteiger partial charge in [0.25, 0.3) is 0 Å². The first-order chi connectivity index (χ1) is 26.7. The molecule has 0 aliphatic carbocycles. The minimum absolute atomic E-state index is 0.765. The fourth-order valence-electron chi connectivity index (χ4n) is 8.28. The first-order valence-corrected chi connectivity index (χ1v) is 18.0. The molecule has 0 saturated heterocycles. The number of fused-ring (bicyclic) bond motifs is 14. The smallest absolute Gasteiger partial charge is 0.152 e. The summed E-state index contributed by atoms with van der Waals surface area (Å²) < 4.78 is 8.51. The molecule has 0 fully saturated rings. The highest BCUT2D eigenvalue weighted by Gasteiger charge is 2.19. The van der Waals surface area contributed by atoms with Crippen LogP contribution in [0.1, 0.15) is 0 Å². The van der Waals surface area contributed by atoms with Gasteiger partial charge in [-0.2, -0.15) is 0 Å². The van der Waals surface area contributed by atoms with Gasteiger partial charge in [-0.15, -0.1) is 0 Å². The number of para-hydroxylation sites is 1. The van der Waals surface area contributed by atoms with Gasteiger partial charge >= 0.3 is 0 Å². The number of aromatic nitrogens is 5. The summed E-state index contributed by atoms with van der Waals surface area (Å²) in [5, 5.41) is 8.93. The van der Waals surface area contributed by atoms with E-state index >= 15 is 0 Å². The van der Waals surface area contributed by atoms with Crippen molar-refractivity contribution in [3.05, 3.63) is 164 Å². The molecule has 0 radical (unpaired) electrons. The molecule has 250 valence electrons. The van der Waals surface area contributed by atoms with Crippen LogP contribution in [0.25, 0.3) is 116 Å². The molecule has 12 aromatic rings. The molecule has 0 N–H and O–H groups in total. The van der Waals surface area contributed by atoms with Crippen LogP contribution in [0, 0.1) is 0 Å². The zero-order valence-electron chi connectivity index (χ0n) is 28.7. The largest absolute Gasteiger partial charge is 0.455 e. The van der Waals surface area contributed by atoms with E-state index in [0.29, 0.717) is 0 Å². The summed E-state index contributed by atoms with van der Waals surface area (Å²) in [6, 6.07) is 52.7. The predicted molar refractivity (Wildman–Crippen MR) is 220 cm³/mol. The van der Waals surface area contributed by atoms with E-state index in [1.807, 2.05) is 48.5 Å². The lowest BCUT2D eigenvalue weighted by atomic mass is 9.94. The average Bonchev–Trinajstić information content (AvgIpc) is 3.80. The molecule has 0 bridgehead atoms. The van der Waals surface area contributed by atoms with Crippen molar-refractivity contribution in [2.24, 2.45) is 0 Å². The summed E-state index contributed by atoms with van der Waals surface area (Å²) in [6.07, 6.45) is 3.90. The number of hydrogen-bond acceptors (Lipinski definition) is 5. The number of benzene rings is 7. The van der Waals surface area contributed by atoms with Crippen LogP contribution in [0.2, 0.25) is 0 Å². The van der Waals surface area contributed by atoms with E-state index in [1.54, 1.807) is 6.20 Å². The standard InChI is InChI=1S/C48H27N5O/c1-2-10-29(11-3-1)44-47(39-15-8-9-23-49-39)52-45-36-24-30(18-17-28(36)20-22-40(45)50-44)31-19-21-35-37(25-31)32-12-4-5-14-34(32)46-48(35)53-27-42-38(26-43(53)51-46)33-13-6-7-16-41(33)54-42/h1-27H. The van der Waals surface area contributed by atoms with Crippen molar-refractivity contribution in [3.8, 4) is 33.8 Å². The molecular weight excluding hydrogens is 663 g/mol. The summed E-state index contributed by atoms with van der Waals surface area (Å²) in [5.74, 6) is 0. The minimum atomic E-state index is 0.765. The SMILES string of the molecule is c1ccc(-c2nc3ccc4ccc(-c5ccc6c(c5)c5ccccc5c5nc7cc8c(cn7c65)oc5ccccc58)cc4c3nc2-c2ccccn2)cc1. The first-order valence-electron chi connectivity index (χ1n) is 18.0. The third kappa shape index (κ3) is 4.22. The molecule has 6 nitrogen and oxygen atoms in total. The minimum Gasteiger partial charge on any atom is -0.455 e. The van der Waals surface area contributed by atoms with Crippen molar-refractivity contribution < 1.29 is 4.42 Å². The molecular formula is C48H27N5O. The maximum atomic E-state index is 6.32. The number of hydrogen-bond donors (Lipinski definition) is 0. The molecule has 0 spiro atoms. The van der Waals surface area contributed by atoms with E-state index in [4.69, 9.17) is 19.4 Å². The van der Waals surface area contributed by atoms with Gasteiger partial charge in [0.05, 0.1) is 39.7 Å². The normalized spacial score (nSPS) is 12.1. The van der Waals surface area contributed by atoms with Gasteiger partial charge in [-0.05, 0) is 69.8 Å². The van der Waals surface area contributed by atoms with Gasteiger partial charge in [0.1, 0.15) is 16.9 Å².